The Morgan fingerprint density at radius 3 is 2.26 bits per heavy atom. The molecule has 0 aliphatic carbocycles. The molecule has 0 aromatic heterocycles. The van der Waals surface area contributed by atoms with Crippen molar-refractivity contribution in [3.05, 3.63) is 48.0 Å². The molecule has 0 aliphatic heterocycles. The number of nitrogens with two attached hydrogens (primary N) is 1. The van der Waals surface area contributed by atoms with Crippen molar-refractivity contribution >= 4 is 10.8 Å². The van der Waals surface area contributed by atoms with Crippen molar-refractivity contribution in [1.29, 1.82) is 0 Å². The van der Waals surface area contributed by atoms with E-state index in [0.29, 0.717) is 5.92 Å². The van der Waals surface area contributed by atoms with Crippen LogP contribution in [0.3, 0.4) is 0 Å². The van der Waals surface area contributed by atoms with Crippen molar-refractivity contribution in [2.75, 3.05) is 0 Å². The van der Waals surface area contributed by atoms with Gasteiger partial charge in [-0.05, 0) is 35.6 Å². The van der Waals surface area contributed by atoms with Gasteiger partial charge in [0, 0.05) is 11.5 Å². The van der Waals surface area contributed by atoms with Gasteiger partial charge in [-0.2, -0.15) is 0 Å². The smallest absolute Gasteiger partial charge is 0.0218 e. The largest absolute Gasteiger partial charge is 0.325 e. The lowest BCUT2D eigenvalue weighted by atomic mass is 9.72. The van der Waals surface area contributed by atoms with Crippen molar-refractivity contribution < 1.29 is 0 Å². The molecule has 2 aromatic carbocycles. The van der Waals surface area contributed by atoms with Crippen LogP contribution < -0.4 is 5.73 Å². The van der Waals surface area contributed by atoms with Gasteiger partial charge in [0.15, 0.2) is 0 Å². The molecule has 1 unspecified atom stereocenters. The summed E-state index contributed by atoms with van der Waals surface area (Å²) in [6, 6.07) is 15.5. The zero-order valence-corrected chi connectivity index (χ0v) is 15.1. The van der Waals surface area contributed by atoms with Crippen LogP contribution in [0.15, 0.2) is 42.5 Å². The number of hydrogen-bond acceptors (Lipinski definition) is 1. The predicted octanol–water partition coefficient (Wildman–Crippen LogP) is 6.41. The van der Waals surface area contributed by atoms with Crippen LogP contribution in [-0.4, -0.2) is 5.54 Å². The van der Waals surface area contributed by atoms with Gasteiger partial charge in [0.1, 0.15) is 0 Å². The standard InChI is InChI=1S/C22H33N/c1-4-7-8-9-17-21(22(23,5-2)6-3)20-16-12-14-18-13-10-11-15-19(18)20/h10-16,21H,4-9,17,23H2,1-3H3. The lowest BCUT2D eigenvalue weighted by molar-refractivity contribution is 0.301. The van der Waals surface area contributed by atoms with Gasteiger partial charge in [-0.1, -0.05) is 88.9 Å². The molecule has 2 N–H and O–H groups in total. The summed E-state index contributed by atoms with van der Waals surface area (Å²) >= 11 is 0. The third-order valence-corrected chi connectivity index (χ3v) is 5.56. The Balaban J connectivity index is 2.38. The first kappa shape index (κ1) is 18.0. The Morgan fingerprint density at radius 2 is 1.57 bits per heavy atom. The zero-order valence-electron chi connectivity index (χ0n) is 15.1. The van der Waals surface area contributed by atoms with E-state index in [1.54, 1.807) is 0 Å². The second-order valence-corrected chi connectivity index (χ2v) is 6.91. The lowest BCUT2D eigenvalue weighted by Gasteiger charge is -2.37. The molecule has 0 aliphatic rings. The van der Waals surface area contributed by atoms with Crippen LogP contribution in [0, 0.1) is 0 Å². The average Bonchev–Trinajstić information content (AvgIpc) is 2.61. The first-order chi connectivity index (χ1) is 11.2. The average molecular weight is 312 g/mol. The normalized spacial score (nSPS) is 13.4. The number of unbranched alkanes of at least 4 members (excludes halogenated alkanes) is 3. The van der Waals surface area contributed by atoms with Crippen molar-refractivity contribution in [3.63, 3.8) is 0 Å². The maximum absolute atomic E-state index is 6.88. The molecule has 0 fully saturated rings. The Hall–Kier alpha value is -1.34. The topological polar surface area (TPSA) is 26.0 Å². The molecule has 0 saturated heterocycles. The maximum atomic E-state index is 6.88. The fraction of sp³-hybridized carbons (Fsp3) is 0.545. The number of rotatable bonds is 9. The van der Waals surface area contributed by atoms with E-state index in [4.69, 9.17) is 5.73 Å². The van der Waals surface area contributed by atoms with Crippen LogP contribution in [0.2, 0.25) is 0 Å². The molecular weight excluding hydrogens is 278 g/mol. The lowest BCUT2D eigenvalue weighted by Crippen LogP contribution is -2.44. The van der Waals surface area contributed by atoms with Crippen LogP contribution in [-0.2, 0) is 0 Å². The highest BCUT2D eigenvalue weighted by atomic mass is 14.8. The summed E-state index contributed by atoms with van der Waals surface area (Å²) < 4.78 is 0. The monoisotopic (exact) mass is 311 g/mol. The Morgan fingerprint density at radius 1 is 0.870 bits per heavy atom. The third kappa shape index (κ3) is 4.14. The van der Waals surface area contributed by atoms with E-state index in [9.17, 15) is 0 Å². The van der Waals surface area contributed by atoms with Crippen LogP contribution in [0.25, 0.3) is 10.8 Å². The van der Waals surface area contributed by atoms with Gasteiger partial charge in [0.2, 0.25) is 0 Å². The van der Waals surface area contributed by atoms with E-state index >= 15 is 0 Å². The number of fused-ring (bicyclic) bond motifs is 1. The summed E-state index contributed by atoms with van der Waals surface area (Å²) in [6.07, 6.45) is 8.48. The Bertz CT molecular complexity index is 592. The SMILES string of the molecule is CCCCCCC(c1cccc2ccccc12)C(N)(CC)CC. The summed E-state index contributed by atoms with van der Waals surface area (Å²) in [5.41, 5.74) is 8.23. The fourth-order valence-electron chi connectivity index (χ4n) is 3.83. The molecule has 1 nitrogen and oxygen atoms in total. The predicted molar refractivity (Wildman–Crippen MR) is 103 cm³/mol. The summed E-state index contributed by atoms with van der Waals surface area (Å²) in [5.74, 6) is 0.445. The molecule has 1 atom stereocenters. The molecule has 126 valence electrons. The second kappa shape index (κ2) is 8.49. The molecule has 0 saturated carbocycles. The van der Waals surface area contributed by atoms with E-state index in [1.165, 1.54) is 48.4 Å². The highest BCUT2D eigenvalue weighted by Crippen LogP contribution is 2.39. The molecular formula is C22H33N. The van der Waals surface area contributed by atoms with E-state index in [0.717, 1.165) is 12.8 Å². The maximum Gasteiger partial charge on any atom is 0.0218 e. The fourth-order valence-corrected chi connectivity index (χ4v) is 3.83. The van der Waals surface area contributed by atoms with Crippen molar-refractivity contribution in [1.82, 2.24) is 0 Å². The van der Waals surface area contributed by atoms with Crippen LogP contribution >= 0.6 is 0 Å². The molecule has 2 aromatic rings. The molecule has 0 amide bonds. The second-order valence-electron chi connectivity index (χ2n) is 6.91. The van der Waals surface area contributed by atoms with Crippen molar-refractivity contribution in [3.8, 4) is 0 Å². The molecule has 0 spiro atoms. The summed E-state index contributed by atoms with van der Waals surface area (Å²) in [4.78, 5) is 0. The van der Waals surface area contributed by atoms with Gasteiger partial charge in [0.25, 0.3) is 0 Å². The molecule has 2 rings (SSSR count). The van der Waals surface area contributed by atoms with E-state index in [-0.39, 0.29) is 5.54 Å². The molecule has 23 heavy (non-hydrogen) atoms. The van der Waals surface area contributed by atoms with Crippen LogP contribution in [0.5, 0.6) is 0 Å². The van der Waals surface area contributed by atoms with Crippen LogP contribution in [0.4, 0.5) is 0 Å². The van der Waals surface area contributed by atoms with E-state index in [2.05, 4.69) is 63.2 Å². The third-order valence-electron chi connectivity index (χ3n) is 5.56. The van der Waals surface area contributed by atoms with Gasteiger partial charge in [-0.3, -0.25) is 0 Å². The van der Waals surface area contributed by atoms with E-state index < -0.39 is 0 Å². The van der Waals surface area contributed by atoms with Crippen molar-refractivity contribution in [2.24, 2.45) is 5.73 Å². The van der Waals surface area contributed by atoms with Gasteiger partial charge < -0.3 is 5.73 Å². The first-order valence-corrected chi connectivity index (χ1v) is 9.42. The summed E-state index contributed by atoms with van der Waals surface area (Å²) in [5, 5.41) is 2.71. The Kier molecular flexibility index (Phi) is 6.65. The summed E-state index contributed by atoms with van der Waals surface area (Å²) in [6.45, 7) is 6.76. The Labute approximate surface area is 142 Å². The zero-order chi connectivity index (χ0) is 16.7. The van der Waals surface area contributed by atoms with Gasteiger partial charge in [-0.25, -0.2) is 0 Å². The highest BCUT2D eigenvalue weighted by Gasteiger charge is 2.33. The molecule has 0 heterocycles. The minimum atomic E-state index is -0.101. The molecule has 0 radical (unpaired) electrons. The highest BCUT2D eigenvalue weighted by molar-refractivity contribution is 5.86. The number of hydrogen-bond donors (Lipinski definition) is 1. The van der Waals surface area contributed by atoms with Gasteiger partial charge in [0.05, 0.1) is 0 Å². The van der Waals surface area contributed by atoms with Gasteiger partial charge >= 0.3 is 0 Å². The van der Waals surface area contributed by atoms with E-state index in [1.807, 2.05) is 0 Å². The van der Waals surface area contributed by atoms with Gasteiger partial charge in [-0.15, -0.1) is 0 Å². The summed E-state index contributed by atoms with van der Waals surface area (Å²) in [7, 11) is 0. The molecule has 0 bridgehead atoms. The van der Waals surface area contributed by atoms with Crippen LogP contribution in [0.1, 0.15) is 77.2 Å². The minimum Gasteiger partial charge on any atom is -0.325 e. The molecule has 1 heteroatoms. The first-order valence-electron chi connectivity index (χ1n) is 9.42. The quantitative estimate of drug-likeness (QED) is 0.532. The minimum absolute atomic E-state index is 0.101. The number of benzene rings is 2. The van der Waals surface area contributed by atoms with Crippen molar-refractivity contribution in [2.45, 2.75) is 77.2 Å².